The number of amides is 1. The zero-order valence-electron chi connectivity index (χ0n) is 15.3. The summed E-state index contributed by atoms with van der Waals surface area (Å²) in [5, 5.41) is 14.7. The standard InChI is InChI=1S/C18H20N4O3S2/c1-9-4-5-13-12(6-9)8-14(27-13)17-20-21-18(24-17)26-11(3)16(23)19-15-7-10(2)25-22-15/h7-9,11H,4-6H2,1-3H3,(H,19,22,23)/t9-,11-/m0/s1. The van der Waals surface area contributed by atoms with Gasteiger partial charge in [0.25, 0.3) is 11.1 Å². The molecule has 0 unspecified atom stereocenters. The number of carbonyl (C=O) groups is 1. The molecular formula is C18H20N4O3S2. The highest BCUT2D eigenvalue weighted by molar-refractivity contribution is 8.00. The Morgan fingerprint density at radius 1 is 1.41 bits per heavy atom. The number of fused-ring (bicyclic) bond motifs is 1. The van der Waals surface area contributed by atoms with Crippen LogP contribution in [0.15, 0.2) is 26.3 Å². The van der Waals surface area contributed by atoms with Crippen molar-refractivity contribution in [1.29, 1.82) is 0 Å². The van der Waals surface area contributed by atoms with Gasteiger partial charge >= 0.3 is 0 Å². The van der Waals surface area contributed by atoms with Gasteiger partial charge in [0, 0.05) is 10.9 Å². The lowest BCUT2D eigenvalue weighted by Crippen LogP contribution is -2.22. The minimum Gasteiger partial charge on any atom is -0.410 e. The van der Waals surface area contributed by atoms with Gasteiger partial charge in [0.2, 0.25) is 5.91 Å². The van der Waals surface area contributed by atoms with E-state index in [0.29, 0.717) is 22.7 Å². The molecule has 0 bridgehead atoms. The topological polar surface area (TPSA) is 94.1 Å². The lowest BCUT2D eigenvalue weighted by atomic mass is 9.90. The molecule has 3 aromatic rings. The molecule has 0 radical (unpaired) electrons. The van der Waals surface area contributed by atoms with Gasteiger partial charge in [-0.3, -0.25) is 4.79 Å². The van der Waals surface area contributed by atoms with Crippen LogP contribution in [0, 0.1) is 12.8 Å². The van der Waals surface area contributed by atoms with Gasteiger partial charge in [-0.1, -0.05) is 23.8 Å². The first-order valence-electron chi connectivity index (χ1n) is 8.84. The Kier molecular flexibility index (Phi) is 5.05. The van der Waals surface area contributed by atoms with Crippen molar-refractivity contribution in [2.24, 2.45) is 5.92 Å². The van der Waals surface area contributed by atoms with Gasteiger partial charge in [-0.05, 0) is 50.7 Å². The average Bonchev–Trinajstić information content (AvgIpc) is 3.34. The molecule has 0 spiro atoms. The lowest BCUT2D eigenvalue weighted by Gasteiger charge is -2.16. The third-order valence-electron chi connectivity index (χ3n) is 4.47. The van der Waals surface area contributed by atoms with Crippen LogP contribution < -0.4 is 5.32 Å². The predicted octanol–water partition coefficient (Wildman–Crippen LogP) is 4.34. The highest BCUT2D eigenvalue weighted by atomic mass is 32.2. The van der Waals surface area contributed by atoms with Crippen LogP contribution in [0.25, 0.3) is 10.8 Å². The lowest BCUT2D eigenvalue weighted by molar-refractivity contribution is -0.115. The second kappa shape index (κ2) is 7.47. The Morgan fingerprint density at radius 2 is 2.26 bits per heavy atom. The van der Waals surface area contributed by atoms with Crippen molar-refractivity contribution in [3.8, 4) is 10.8 Å². The number of thiophene rings is 1. The first-order chi connectivity index (χ1) is 13.0. The molecule has 3 heterocycles. The Balaban J connectivity index is 1.41. The van der Waals surface area contributed by atoms with Crippen molar-refractivity contribution < 1.29 is 13.7 Å². The number of thioether (sulfide) groups is 1. The zero-order valence-corrected chi connectivity index (χ0v) is 16.9. The van der Waals surface area contributed by atoms with Crippen molar-refractivity contribution in [1.82, 2.24) is 15.4 Å². The molecule has 1 amide bonds. The third-order valence-corrected chi connectivity index (χ3v) is 6.63. The molecule has 0 aliphatic heterocycles. The predicted molar refractivity (Wildman–Crippen MR) is 104 cm³/mol. The van der Waals surface area contributed by atoms with Crippen LogP contribution >= 0.6 is 23.1 Å². The molecule has 1 aliphatic rings. The molecule has 142 valence electrons. The fourth-order valence-corrected chi connectivity index (χ4v) is 4.84. The number of aromatic nitrogens is 3. The first-order valence-corrected chi connectivity index (χ1v) is 10.5. The van der Waals surface area contributed by atoms with E-state index in [1.807, 2.05) is 0 Å². The SMILES string of the molecule is Cc1cc(NC(=O)[C@H](C)Sc2nnc(-c3cc4c(s3)CC[C@H](C)C4)o2)no1. The molecule has 0 aromatic carbocycles. The number of hydrogen-bond acceptors (Lipinski definition) is 8. The molecule has 3 aromatic heterocycles. The van der Waals surface area contributed by atoms with E-state index in [4.69, 9.17) is 8.94 Å². The molecule has 4 rings (SSSR count). The summed E-state index contributed by atoms with van der Waals surface area (Å²) >= 11 is 2.95. The maximum Gasteiger partial charge on any atom is 0.277 e. The summed E-state index contributed by atoms with van der Waals surface area (Å²) in [5.41, 5.74) is 1.40. The fraction of sp³-hybridized carbons (Fsp3) is 0.444. The molecule has 27 heavy (non-hydrogen) atoms. The van der Waals surface area contributed by atoms with E-state index in [9.17, 15) is 4.79 Å². The second-order valence-corrected chi connectivity index (χ2v) is 9.28. The van der Waals surface area contributed by atoms with E-state index in [-0.39, 0.29) is 5.91 Å². The number of aryl methyl sites for hydroxylation is 2. The highest BCUT2D eigenvalue weighted by Gasteiger charge is 2.23. The Morgan fingerprint density at radius 3 is 3.04 bits per heavy atom. The monoisotopic (exact) mass is 404 g/mol. The van der Waals surface area contributed by atoms with Gasteiger partial charge in [-0.2, -0.15) is 0 Å². The highest BCUT2D eigenvalue weighted by Crippen LogP contribution is 2.37. The molecule has 1 aliphatic carbocycles. The largest absolute Gasteiger partial charge is 0.410 e. The van der Waals surface area contributed by atoms with E-state index in [1.165, 1.54) is 28.6 Å². The smallest absolute Gasteiger partial charge is 0.277 e. The Bertz CT molecular complexity index is 962. The Hall–Kier alpha value is -2.13. The van der Waals surface area contributed by atoms with Crippen LogP contribution in [0.5, 0.6) is 0 Å². The van der Waals surface area contributed by atoms with Gasteiger partial charge in [-0.25, -0.2) is 0 Å². The number of nitrogens with one attached hydrogen (secondary N) is 1. The molecule has 2 atom stereocenters. The summed E-state index contributed by atoms with van der Waals surface area (Å²) in [7, 11) is 0. The number of carbonyl (C=O) groups excluding carboxylic acids is 1. The molecular weight excluding hydrogens is 384 g/mol. The first kappa shape index (κ1) is 18.2. The maximum absolute atomic E-state index is 12.3. The number of rotatable bonds is 5. The second-order valence-electron chi connectivity index (χ2n) is 6.85. The summed E-state index contributed by atoms with van der Waals surface area (Å²) in [6.07, 6.45) is 3.46. The van der Waals surface area contributed by atoms with Crippen LogP contribution in [0.3, 0.4) is 0 Å². The van der Waals surface area contributed by atoms with E-state index in [2.05, 4.69) is 33.7 Å². The quantitative estimate of drug-likeness (QED) is 0.632. The van der Waals surface area contributed by atoms with Crippen LogP contribution in [0.1, 0.15) is 36.5 Å². The molecule has 0 saturated carbocycles. The minimum atomic E-state index is -0.410. The van der Waals surface area contributed by atoms with E-state index >= 15 is 0 Å². The molecule has 0 fully saturated rings. The van der Waals surface area contributed by atoms with Gasteiger partial charge < -0.3 is 14.3 Å². The third kappa shape index (κ3) is 4.08. The van der Waals surface area contributed by atoms with E-state index < -0.39 is 5.25 Å². The van der Waals surface area contributed by atoms with Gasteiger partial charge in [-0.15, -0.1) is 21.5 Å². The molecule has 9 heteroatoms. The number of nitrogens with zero attached hydrogens (tertiary/aromatic N) is 3. The van der Waals surface area contributed by atoms with Crippen LogP contribution in [0.4, 0.5) is 5.82 Å². The summed E-state index contributed by atoms with van der Waals surface area (Å²) in [5.74, 6) is 2.08. The van der Waals surface area contributed by atoms with Crippen molar-refractivity contribution in [3.05, 3.63) is 28.3 Å². The minimum absolute atomic E-state index is 0.200. The maximum atomic E-state index is 12.3. The summed E-state index contributed by atoms with van der Waals surface area (Å²) in [6, 6.07) is 3.83. The van der Waals surface area contributed by atoms with Crippen LogP contribution in [0.2, 0.25) is 0 Å². The average molecular weight is 405 g/mol. The summed E-state index contributed by atoms with van der Waals surface area (Å²) < 4.78 is 10.7. The van der Waals surface area contributed by atoms with Crippen molar-refractivity contribution in [3.63, 3.8) is 0 Å². The normalized spacial score (nSPS) is 17.5. The van der Waals surface area contributed by atoms with Crippen molar-refractivity contribution in [2.45, 2.75) is 50.5 Å². The van der Waals surface area contributed by atoms with Crippen molar-refractivity contribution in [2.75, 3.05) is 5.32 Å². The van der Waals surface area contributed by atoms with Gasteiger partial charge in [0.1, 0.15) is 5.76 Å². The van der Waals surface area contributed by atoms with Gasteiger partial charge in [0.05, 0.1) is 10.1 Å². The van der Waals surface area contributed by atoms with Crippen molar-refractivity contribution >= 4 is 34.8 Å². The van der Waals surface area contributed by atoms with E-state index in [1.54, 1.807) is 31.3 Å². The zero-order chi connectivity index (χ0) is 19.0. The van der Waals surface area contributed by atoms with E-state index in [0.717, 1.165) is 23.6 Å². The fourth-order valence-electron chi connectivity index (χ4n) is 3.03. The number of anilines is 1. The summed E-state index contributed by atoms with van der Waals surface area (Å²) in [4.78, 5) is 14.7. The summed E-state index contributed by atoms with van der Waals surface area (Å²) in [6.45, 7) is 5.83. The number of hydrogen-bond donors (Lipinski definition) is 1. The van der Waals surface area contributed by atoms with Gasteiger partial charge in [0.15, 0.2) is 5.82 Å². The van der Waals surface area contributed by atoms with Crippen LogP contribution in [-0.2, 0) is 17.6 Å². The van der Waals surface area contributed by atoms with Crippen LogP contribution in [-0.4, -0.2) is 26.5 Å². The Labute approximate surface area is 164 Å². The molecule has 0 saturated heterocycles. The molecule has 1 N–H and O–H groups in total. The molecule has 7 nitrogen and oxygen atoms in total.